The lowest BCUT2D eigenvalue weighted by Crippen LogP contribution is -2.52. The summed E-state index contributed by atoms with van der Waals surface area (Å²) in [6.45, 7) is 16.7. The molecule has 0 aromatic heterocycles. The zero-order valence-corrected chi connectivity index (χ0v) is 17.4. The molecule has 0 saturated heterocycles. The van der Waals surface area contributed by atoms with Crippen LogP contribution in [0.5, 0.6) is 0 Å². The van der Waals surface area contributed by atoms with Gasteiger partial charge in [-0.15, -0.1) is 0 Å². The van der Waals surface area contributed by atoms with Crippen molar-refractivity contribution >= 4 is 25.2 Å². The van der Waals surface area contributed by atoms with Gasteiger partial charge < -0.3 is 18.1 Å². The standard InChI is InChI=1S/C13H34O4Si3/c1-8-12-18(2,3)16-20(6,7)17-19(4,5)13-11-15-10-9-14/h14H,8-13H2,1-7H3. The SMILES string of the molecule is CCC[Si](C)(C)O[Si](C)(C)O[Si](C)(C)CCOCCO. The van der Waals surface area contributed by atoms with Gasteiger partial charge in [-0.25, -0.2) is 0 Å². The third-order valence-electron chi connectivity index (χ3n) is 2.98. The molecule has 0 spiro atoms. The highest BCUT2D eigenvalue weighted by Crippen LogP contribution is 2.25. The Labute approximate surface area is 128 Å². The molecule has 122 valence electrons. The molecule has 0 rings (SSSR count). The molecule has 0 radical (unpaired) electrons. The van der Waals surface area contributed by atoms with Crippen LogP contribution in [0.4, 0.5) is 0 Å². The van der Waals surface area contributed by atoms with Crippen molar-refractivity contribution in [2.45, 2.75) is 64.7 Å². The summed E-state index contributed by atoms with van der Waals surface area (Å²) in [5, 5.41) is 8.71. The van der Waals surface area contributed by atoms with Crippen LogP contribution in [-0.2, 0) is 13.0 Å². The Morgan fingerprint density at radius 3 is 1.75 bits per heavy atom. The van der Waals surface area contributed by atoms with Gasteiger partial charge in [-0.2, -0.15) is 0 Å². The Kier molecular flexibility index (Phi) is 9.03. The molecule has 0 aromatic carbocycles. The molecular formula is C13H34O4Si3. The summed E-state index contributed by atoms with van der Waals surface area (Å²) in [6.07, 6.45) is 1.18. The van der Waals surface area contributed by atoms with Crippen molar-refractivity contribution in [2.75, 3.05) is 19.8 Å². The van der Waals surface area contributed by atoms with Gasteiger partial charge in [0, 0.05) is 6.61 Å². The Bertz CT molecular complexity index is 270. The van der Waals surface area contributed by atoms with Gasteiger partial charge in [-0.1, -0.05) is 13.3 Å². The van der Waals surface area contributed by atoms with Crippen LogP contribution >= 0.6 is 0 Å². The van der Waals surface area contributed by atoms with Gasteiger partial charge in [0.05, 0.1) is 13.2 Å². The van der Waals surface area contributed by atoms with Gasteiger partial charge in [0.1, 0.15) is 0 Å². The molecule has 0 heterocycles. The van der Waals surface area contributed by atoms with E-state index in [1.165, 1.54) is 12.5 Å². The van der Waals surface area contributed by atoms with Crippen molar-refractivity contribution in [1.29, 1.82) is 0 Å². The lowest BCUT2D eigenvalue weighted by atomic mass is 10.6. The molecular weight excluding hydrogens is 304 g/mol. The molecule has 0 atom stereocenters. The van der Waals surface area contributed by atoms with Gasteiger partial charge in [-0.3, -0.25) is 0 Å². The molecule has 0 saturated carbocycles. The van der Waals surface area contributed by atoms with Crippen molar-refractivity contribution in [3.8, 4) is 0 Å². The normalized spacial score (nSPS) is 13.8. The number of rotatable bonds is 11. The number of hydrogen-bond donors (Lipinski definition) is 1. The first kappa shape index (κ1) is 20.5. The summed E-state index contributed by atoms with van der Waals surface area (Å²) >= 11 is 0. The zero-order chi connectivity index (χ0) is 15.9. The Balaban J connectivity index is 4.34. The summed E-state index contributed by atoms with van der Waals surface area (Å²) in [5.41, 5.74) is 0. The predicted octanol–water partition coefficient (Wildman–Crippen LogP) is 3.55. The highest BCUT2D eigenvalue weighted by Gasteiger charge is 2.39. The first-order valence-electron chi connectivity index (χ1n) is 7.62. The predicted molar refractivity (Wildman–Crippen MR) is 92.4 cm³/mol. The van der Waals surface area contributed by atoms with Gasteiger partial charge in [-0.05, 0) is 51.4 Å². The molecule has 0 aliphatic carbocycles. The van der Waals surface area contributed by atoms with Crippen molar-refractivity contribution in [3.05, 3.63) is 0 Å². The minimum absolute atomic E-state index is 0.0863. The minimum Gasteiger partial charge on any atom is -0.437 e. The second kappa shape index (κ2) is 8.82. The smallest absolute Gasteiger partial charge is 0.311 e. The van der Waals surface area contributed by atoms with E-state index in [2.05, 4.69) is 46.2 Å². The number of ether oxygens (including phenoxy) is 1. The zero-order valence-electron chi connectivity index (χ0n) is 14.4. The van der Waals surface area contributed by atoms with E-state index in [-0.39, 0.29) is 6.61 Å². The maximum Gasteiger partial charge on any atom is 0.311 e. The van der Waals surface area contributed by atoms with Crippen LogP contribution in [0.3, 0.4) is 0 Å². The summed E-state index contributed by atoms with van der Waals surface area (Å²) in [5.74, 6) is 0. The highest BCUT2D eigenvalue weighted by molar-refractivity contribution is 6.87. The van der Waals surface area contributed by atoms with E-state index in [0.717, 1.165) is 6.04 Å². The monoisotopic (exact) mass is 338 g/mol. The molecule has 7 heteroatoms. The third-order valence-corrected chi connectivity index (χ3v) is 14.4. The highest BCUT2D eigenvalue weighted by atomic mass is 28.5. The first-order valence-corrected chi connectivity index (χ1v) is 16.7. The van der Waals surface area contributed by atoms with E-state index in [4.69, 9.17) is 18.1 Å². The maximum atomic E-state index is 8.71. The summed E-state index contributed by atoms with van der Waals surface area (Å²) in [7, 11) is -5.41. The molecule has 0 aromatic rings. The fraction of sp³-hybridized carbons (Fsp3) is 1.00. The van der Waals surface area contributed by atoms with E-state index in [9.17, 15) is 0 Å². The van der Waals surface area contributed by atoms with Gasteiger partial charge >= 0.3 is 8.56 Å². The molecule has 0 bridgehead atoms. The fourth-order valence-electron chi connectivity index (χ4n) is 2.54. The van der Waals surface area contributed by atoms with Gasteiger partial charge in [0.15, 0.2) is 16.6 Å². The number of hydrogen-bond acceptors (Lipinski definition) is 4. The quantitative estimate of drug-likeness (QED) is 0.462. The van der Waals surface area contributed by atoms with Crippen LogP contribution in [0.2, 0.25) is 51.4 Å². The third kappa shape index (κ3) is 10.3. The van der Waals surface area contributed by atoms with Crippen molar-refractivity contribution in [1.82, 2.24) is 0 Å². The molecule has 0 aliphatic rings. The van der Waals surface area contributed by atoms with Gasteiger partial charge in [0.2, 0.25) is 0 Å². The molecule has 20 heavy (non-hydrogen) atoms. The van der Waals surface area contributed by atoms with E-state index < -0.39 is 25.2 Å². The van der Waals surface area contributed by atoms with Crippen LogP contribution in [0.25, 0.3) is 0 Å². The topological polar surface area (TPSA) is 47.9 Å². The minimum atomic E-state index is -2.06. The summed E-state index contributed by atoms with van der Waals surface area (Å²) in [4.78, 5) is 0. The van der Waals surface area contributed by atoms with Crippen LogP contribution in [0.1, 0.15) is 13.3 Å². The van der Waals surface area contributed by atoms with Crippen molar-refractivity contribution in [3.63, 3.8) is 0 Å². The second-order valence-electron chi connectivity index (χ2n) is 6.96. The molecule has 4 nitrogen and oxygen atoms in total. The second-order valence-corrected chi connectivity index (χ2v) is 19.4. The van der Waals surface area contributed by atoms with Crippen LogP contribution < -0.4 is 0 Å². The molecule has 0 amide bonds. The average molecular weight is 339 g/mol. The lowest BCUT2D eigenvalue weighted by Gasteiger charge is -2.38. The fourth-order valence-corrected chi connectivity index (χ4v) is 16.4. The first-order chi connectivity index (χ1) is 9.04. The van der Waals surface area contributed by atoms with E-state index in [1.807, 2.05) is 0 Å². The molecule has 1 N–H and O–H groups in total. The van der Waals surface area contributed by atoms with Crippen LogP contribution in [0, 0.1) is 0 Å². The van der Waals surface area contributed by atoms with Crippen molar-refractivity contribution in [2.24, 2.45) is 0 Å². The van der Waals surface area contributed by atoms with Crippen LogP contribution in [-0.4, -0.2) is 50.1 Å². The lowest BCUT2D eigenvalue weighted by molar-refractivity contribution is 0.0998. The Morgan fingerprint density at radius 2 is 1.30 bits per heavy atom. The largest absolute Gasteiger partial charge is 0.437 e. The number of aliphatic hydroxyl groups is 1. The Morgan fingerprint density at radius 1 is 0.800 bits per heavy atom. The number of aliphatic hydroxyl groups excluding tert-OH is 1. The molecule has 0 aliphatic heterocycles. The molecule has 0 fully saturated rings. The van der Waals surface area contributed by atoms with Crippen LogP contribution in [0.15, 0.2) is 0 Å². The summed E-state index contributed by atoms with van der Waals surface area (Å²) < 4.78 is 18.2. The summed E-state index contributed by atoms with van der Waals surface area (Å²) in [6, 6.07) is 2.14. The Hall–Kier alpha value is 0.491. The van der Waals surface area contributed by atoms with Gasteiger partial charge in [0.25, 0.3) is 0 Å². The van der Waals surface area contributed by atoms with E-state index in [0.29, 0.717) is 13.2 Å². The van der Waals surface area contributed by atoms with E-state index in [1.54, 1.807) is 0 Å². The van der Waals surface area contributed by atoms with Crippen molar-refractivity contribution < 1.29 is 18.1 Å². The molecule has 0 unspecified atom stereocenters. The average Bonchev–Trinajstić information content (AvgIpc) is 2.20. The maximum absolute atomic E-state index is 8.71. The van der Waals surface area contributed by atoms with E-state index >= 15 is 0 Å².